The zero-order chi connectivity index (χ0) is 12.7. The zero-order valence-electron chi connectivity index (χ0n) is 9.73. The number of hydrogen-bond donors (Lipinski definition) is 1. The second-order valence-electron chi connectivity index (χ2n) is 3.64. The summed E-state index contributed by atoms with van der Waals surface area (Å²) in [6.45, 7) is 3.59. The Kier molecular flexibility index (Phi) is 6.44. The first kappa shape index (κ1) is 14.4. The highest BCUT2D eigenvalue weighted by atomic mass is 79.9. The van der Waals surface area contributed by atoms with Crippen LogP contribution >= 0.6 is 15.9 Å². The molecule has 0 aromatic heterocycles. The minimum Gasteiger partial charge on any atom is -0.380 e. The van der Waals surface area contributed by atoms with Crippen LogP contribution in [-0.2, 0) is 4.74 Å². The van der Waals surface area contributed by atoms with Gasteiger partial charge < -0.3 is 10.1 Å². The van der Waals surface area contributed by atoms with E-state index in [1.807, 2.05) is 0 Å². The van der Waals surface area contributed by atoms with Crippen LogP contribution < -0.4 is 5.32 Å². The van der Waals surface area contributed by atoms with Crippen molar-refractivity contribution in [1.82, 2.24) is 0 Å². The predicted molar refractivity (Wildman–Crippen MR) is 68.3 cm³/mol. The van der Waals surface area contributed by atoms with Crippen LogP contribution in [0.15, 0.2) is 16.6 Å². The second kappa shape index (κ2) is 7.61. The van der Waals surface area contributed by atoms with E-state index in [4.69, 9.17) is 4.74 Å². The van der Waals surface area contributed by atoms with E-state index >= 15 is 0 Å². The normalized spacial score (nSPS) is 10.6. The molecule has 0 aliphatic carbocycles. The first-order valence-corrected chi connectivity index (χ1v) is 6.40. The monoisotopic (exact) mass is 307 g/mol. The summed E-state index contributed by atoms with van der Waals surface area (Å²) in [5, 5.41) is 2.69. The average molecular weight is 308 g/mol. The number of benzene rings is 1. The van der Waals surface area contributed by atoms with Gasteiger partial charge in [-0.15, -0.1) is 0 Å². The van der Waals surface area contributed by atoms with Gasteiger partial charge in [-0.1, -0.05) is 29.3 Å². The number of halogens is 3. The van der Waals surface area contributed by atoms with Crippen molar-refractivity contribution in [2.75, 3.05) is 25.1 Å². The maximum Gasteiger partial charge on any atom is 0.150 e. The molecule has 96 valence electrons. The lowest BCUT2D eigenvalue weighted by Crippen LogP contribution is -2.12. The quantitative estimate of drug-likeness (QED) is 0.770. The second-order valence-corrected chi connectivity index (χ2v) is 4.55. The van der Waals surface area contributed by atoms with Crippen LogP contribution in [0.3, 0.4) is 0 Å². The Bertz CT molecular complexity index is 337. The van der Waals surface area contributed by atoms with Gasteiger partial charge >= 0.3 is 0 Å². The fourth-order valence-electron chi connectivity index (χ4n) is 1.31. The van der Waals surface area contributed by atoms with Gasteiger partial charge in [0.1, 0.15) is 17.3 Å². The van der Waals surface area contributed by atoms with Gasteiger partial charge in [0.25, 0.3) is 0 Å². The third-order valence-electron chi connectivity index (χ3n) is 2.20. The van der Waals surface area contributed by atoms with Gasteiger partial charge in [0.15, 0.2) is 0 Å². The lowest BCUT2D eigenvalue weighted by molar-refractivity contribution is 0.141. The summed E-state index contributed by atoms with van der Waals surface area (Å²) in [5.41, 5.74) is -0.104. The van der Waals surface area contributed by atoms with E-state index in [1.54, 1.807) is 0 Å². The van der Waals surface area contributed by atoms with Crippen molar-refractivity contribution in [1.29, 1.82) is 0 Å². The summed E-state index contributed by atoms with van der Waals surface area (Å²) < 4.78 is 32.4. The SMILES string of the molecule is CCCCOCCNc1c(F)cc(Br)cc1F. The molecule has 0 aliphatic rings. The molecule has 0 heterocycles. The summed E-state index contributed by atoms with van der Waals surface area (Å²) in [5.74, 6) is -1.21. The van der Waals surface area contributed by atoms with E-state index in [0.717, 1.165) is 12.8 Å². The van der Waals surface area contributed by atoms with Crippen molar-refractivity contribution in [3.8, 4) is 0 Å². The van der Waals surface area contributed by atoms with Gasteiger partial charge in [0.05, 0.1) is 6.61 Å². The smallest absolute Gasteiger partial charge is 0.150 e. The summed E-state index contributed by atoms with van der Waals surface area (Å²) in [6, 6.07) is 2.45. The minimum atomic E-state index is -0.606. The Hall–Kier alpha value is -0.680. The minimum absolute atomic E-state index is 0.104. The molecule has 0 fully saturated rings. The Balaban J connectivity index is 2.36. The van der Waals surface area contributed by atoms with Crippen LogP contribution in [0.5, 0.6) is 0 Å². The Morgan fingerprint density at radius 1 is 1.24 bits per heavy atom. The fourth-order valence-corrected chi connectivity index (χ4v) is 1.71. The highest BCUT2D eigenvalue weighted by Crippen LogP contribution is 2.23. The first-order chi connectivity index (χ1) is 8.15. The standard InChI is InChI=1S/C12H16BrF2NO/c1-2-3-5-17-6-4-16-12-10(14)7-9(13)8-11(12)15/h7-8,16H,2-6H2,1H3. The van der Waals surface area contributed by atoms with Crippen LogP contribution in [0.4, 0.5) is 14.5 Å². The molecule has 0 spiro atoms. The molecular weight excluding hydrogens is 292 g/mol. The van der Waals surface area contributed by atoms with Gasteiger partial charge in [0, 0.05) is 17.6 Å². The van der Waals surface area contributed by atoms with E-state index in [2.05, 4.69) is 28.2 Å². The predicted octanol–water partition coefficient (Wildman–Crippen LogP) is 3.96. The lowest BCUT2D eigenvalue weighted by atomic mass is 10.3. The fraction of sp³-hybridized carbons (Fsp3) is 0.500. The maximum absolute atomic E-state index is 13.4. The van der Waals surface area contributed by atoms with Gasteiger partial charge in [-0.25, -0.2) is 8.78 Å². The zero-order valence-corrected chi connectivity index (χ0v) is 11.3. The topological polar surface area (TPSA) is 21.3 Å². The average Bonchev–Trinajstić information content (AvgIpc) is 2.26. The summed E-state index contributed by atoms with van der Waals surface area (Å²) in [4.78, 5) is 0. The third kappa shape index (κ3) is 5.00. The van der Waals surface area contributed by atoms with Crippen molar-refractivity contribution >= 4 is 21.6 Å². The molecule has 1 rings (SSSR count). The highest BCUT2D eigenvalue weighted by molar-refractivity contribution is 9.10. The van der Waals surface area contributed by atoms with Crippen molar-refractivity contribution in [3.63, 3.8) is 0 Å². The molecule has 0 amide bonds. The number of ether oxygens (including phenoxy) is 1. The summed E-state index contributed by atoms with van der Waals surface area (Å²) in [6.07, 6.45) is 2.07. The van der Waals surface area contributed by atoms with Crippen molar-refractivity contribution in [2.45, 2.75) is 19.8 Å². The molecule has 0 saturated carbocycles. The Labute approximate surface area is 108 Å². The molecule has 2 nitrogen and oxygen atoms in total. The third-order valence-corrected chi connectivity index (χ3v) is 2.66. The van der Waals surface area contributed by atoms with Gasteiger partial charge in [-0.2, -0.15) is 0 Å². The van der Waals surface area contributed by atoms with Crippen molar-refractivity contribution in [3.05, 3.63) is 28.2 Å². The van der Waals surface area contributed by atoms with Gasteiger partial charge in [-0.3, -0.25) is 0 Å². The Morgan fingerprint density at radius 2 is 1.88 bits per heavy atom. The molecule has 0 atom stereocenters. The summed E-state index contributed by atoms with van der Waals surface area (Å²) in [7, 11) is 0. The number of hydrogen-bond acceptors (Lipinski definition) is 2. The van der Waals surface area contributed by atoms with E-state index in [-0.39, 0.29) is 5.69 Å². The molecule has 0 saturated heterocycles. The molecule has 1 aromatic carbocycles. The van der Waals surface area contributed by atoms with E-state index in [0.29, 0.717) is 24.2 Å². The number of anilines is 1. The molecule has 0 aliphatic heterocycles. The van der Waals surface area contributed by atoms with Crippen LogP contribution in [0, 0.1) is 11.6 Å². The maximum atomic E-state index is 13.4. The van der Waals surface area contributed by atoms with E-state index in [1.165, 1.54) is 12.1 Å². The van der Waals surface area contributed by atoms with E-state index in [9.17, 15) is 8.78 Å². The molecular formula is C12H16BrF2NO. The largest absolute Gasteiger partial charge is 0.380 e. The molecule has 0 unspecified atom stereocenters. The molecule has 1 N–H and O–H groups in total. The molecule has 0 bridgehead atoms. The molecule has 1 aromatic rings. The van der Waals surface area contributed by atoms with Crippen molar-refractivity contribution in [2.24, 2.45) is 0 Å². The highest BCUT2D eigenvalue weighted by Gasteiger charge is 2.09. The van der Waals surface area contributed by atoms with Crippen LogP contribution in [0.2, 0.25) is 0 Å². The number of unbranched alkanes of at least 4 members (excludes halogenated alkanes) is 1. The van der Waals surface area contributed by atoms with Gasteiger partial charge in [0.2, 0.25) is 0 Å². The Morgan fingerprint density at radius 3 is 2.47 bits per heavy atom. The summed E-state index contributed by atoms with van der Waals surface area (Å²) >= 11 is 3.02. The molecule has 5 heteroatoms. The number of nitrogens with one attached hydrogen (secondary N) is 1. The molecule has 0 radical (unpaired) electrons. The van der Waals surface area contributed by atoms with Crippen molar-refractivity contribution < 1.29 is 13.5 Å². The lowest BCUT2D eigenvalue weighted by Gasteiger charge is -2.09. The van der Waals surface area contributed by atoms with Gasteiger partial charge in [-0.05, 0) is 18.6 Å². The van der Waals surface area contributed by atoms with Crippen LogP contribution in [0.25, 0.3) is 0 Å². The van der Waals surface area contributed by atoms with E-state index < -0.39 is 11.6 Å². The van der Waals surface area contributed by atoms with Crippen LogP contribution in [-0.4, -0.2) is 19.8 Å². The van der Waals surface area contributed by atoms with Crippen LogP contribution in [0.1, 0.15) is 19.8 Å². The number of rotatable bonds is 7. The first-order valence-electron chi connectivity index (χ1n) is 5.61. The molecule has 17 heavy (non-hydrogen) atoms.